The smallest absolute Gasteiger partial charge is 0.310 e. The summed E-state index contributed by atoms with van der Waals surface area (Å²) in [6.45, 7) is 8.25. The number of esters is 1. The minimum absolute atomic E-state index is 0.0632. The Hall–Kier alpha value is -1.10. The summed E-state index contributed by atoms with van der Waals surface area (Å²) in [5.41, 5.74) is 0. The van der Waals surface area contributed by atoms with Crippen LogP contribution in [0.15, 0.2) is 0 Å². The Morgan fingerprint density at radius 3 is 2.62 bits per heavy atom. The Morgan fingerprint density at radius 1 is 1.14 bits per heavy atom. The van der Waals surface area contributed by atoms with Gasteiger partial charge in [0, 0.05) is 19.6 Å². The quantitative estimate of drug-likeness (QED) is 0.738. The Morgan fingerprint density at radius 2 is 1.90 bits per heavy atom. The Bertz CT molecular complexity index is 373. The second kappa shape index (κ2) is 7.78. The van der Waals surface area contributed by atoms with E-state index in [0.717, 1.165) is 38.9 Å². The first-order chi connectivity index (χ1) is 10.1. The molecule has 0 bridgehead atoms. The van der Waals surface area contributed by atoms with Crippen molar-refractivity contribution in [2.24, 2.45) is 11.8 Å². The van der Waals surface area contributed by atoms with Crippen LogP contribution in [-0.2, 0) is 14.3 Å². The van der Waals surface area contributed by atoms with Crippen LogP contribution in [0.2, 0.25) is 0 Å². The molecule has 2 atom stereocenters. The molecule has 0 aliphatic carbocycles. The van der Waals surface area contributed by atoms with Gasteiger partial charge in [-0.2, -0.15) is 0 Å². The summed E-state index contributed by atoms with van der Waals surface area (Å²) in [6.07, 6.45) is 4.17. The lowest BCUT2D eigenvalue weighted by Crippen LogP contribution is -2.48. The molecule has 0 saturated carbocycles. The third-order valence-corrected chi connectivity index (χ3v) is 4.49. The average Bonchev–Trinajstić information content (AvgIpc) is 2.48. The highest BCUT2D eigenvalue weighted by Gasteiger charge is 2.29. The van der Waals surface area contributed by atoms with Crippen LogP contribution in [0.1, 0.15) is 39.5 Å². The van der Waals surface area contributed by atoms with Gasteiger partial charge in [0.15, 0.2) is 0 Å². The van der Waals surface area contributed by atoms with Crippen molar-refractivity contribution >= 4 is 11.9 Å². The highest BCUT2D eigenvalue weighted by molar-refractivity contribution is 5.78. The number of carbonyl (C=O) groups excluding carboxylic acids is 2. The Balaban J connectivity index is 1.81. The second-order valence-corrected chi connectivity index (χ2v) is 6.41. The van der Waals surface area contributed by atoms with E-state index in [4.69, 9.17) is 4.74 Å². The fourth-order valence-electron chi connectivity index (χ4n) is 3.36. The van der Waals surface area contributed by atoms with Gasteiger partial charge in [0.05, 0.1) is 19.1 Å². The van der Waals surface area contributed by atoms with Crippen molar-refractivity contribution in [2.45, 2.75) is 39.5 Å². The summed E-state index contributed by atoms with van der Waals surface area (Å²) in [4.78, 5) is 28.3. The van der Waals surface area contributed by atoms with Gasteiger partial charge >= 0.3 is 5.97 Å². The van der Waals surface area contributed by atoms with E-state index in [2.05, 4.69) is 11.8 Å². The molecule has 5 nitrogen and oxygen atoms in total. The van der Waals surface area contributed by atoms with E-state index in [1.807, 2.05) is 11.8 Å². The number of amides is 1. The maximum absolute atomic E-state index is 12.4. The molecule has 2 aliphatic heterocycles. The maximum Gasteiger partial charge on any atom is 0.310 e. The van der Waals surface area contributed by atoms with Gasteiger partial charge in [0.2, 0.25) is 5.91 Å². The molecule has 0 N–H and O–H groups in total. The molecule has 5 heteroatoms. The zero-order valence-corrected chi connectivity index (χ0v) is 13.3. The van der Waals surface area contributed by atoms with Gasteiger partial charge in [-0.25, -0.2) is 0 Å². The van der Waals surface area contributed by atoms with Crippen LogP contribution < -0.4 is 0 Å². The van der Waals surface area contributed by atoms with E-state index >= 15 is 0 Å². The summed E-state index contributed by atoms with van der Waals surface area (Å²) in [5.74, 6) is 0.649. The van der Waals surface area contributed by atoms with Gasteiger partial charge in [0.25, 0.3) is 0 Å². The van der Waals surface area contributed by atoms with Gasteiger partial charge in [-0.05, 0) is 45.1 Å². The van der Waals surface area contributed by atoms with E-state index < -0.39 is 0 Å². The molecule has 0 aromatic heterocycles. The molecule has 120 valence electrons. The largest absolute Gasteiger partial charge is 0.466 e. The van der Waals surface area contributed by atoms with Crippen molar-refractivity contribution in [3.8, 4) is 0 Å². The highest BCUT2D eigenvalue weighted by atomic mass is 16.5. The van der Waals surface area contributed by atoms with Gasteiger partial charge < -0.3 is 9.64 Å². The van der Waals surface area contributed by atoms with E-state index in [9.17, 15) is 9.59 Å². The monoisotopic (exact) mass is 296 g/mol. The molecule has 0 aromatic carbocycles. The maximum atomic E-state index is 12.4. The van der Waals surface area contributed by atoms with E-state index in [1.165, 1.54) is 6.42 Å². The predicted octanol–water partition coefficient (Wildman–Crippen LogP) is 1.52. The van der Waals surface area contributed by atoms with Crippen molar-refractivity contribution in [2.75, 3.05) is 39.3 Å². The van der Waals surface area contributed by atoms with Crippen LogP contribution in [0.3, 0.4) is 0 Å². The number of hydrogen-bond donors (Lipinski definition) is 0. The van der Waals surface area contributed by atoms with Gasteiger partial charge in [-0.1, -0.05) is 6.92 Å². The minimum atomic E-state index is -0.110. The summed E-state index contributed by atoms with van der Waals surface area (Å²) in [6, 6.07) is 0. The molecule has 1 amide bonds. The standard InChI is InChI=1S/C16H28N2O3/c1-3-21-16(20)14-7-5-8-17(11-14)12-15(19)18-9-4-6-13(2)10-18/h13-14H,3-12H2,1-2H3/t13?,14-/m0/s1. The number of hydrogen-bond acceptors (Lipinski definition) is 4. The third-order valence-electron chi connectivity index (χ3n) is 4.49. The number of nitrogens with zero attached hydrogens (tertiary/aromatic N) is 2. The van der Waals surface area contributed by atoms with Crippen molar-refractivity contribution < 1.29 is 14.3 Å². The highest BCUT2D eigenvalue weighted by Crippen LogP contribution is 2.19. The van der Waals surface area contributed by atoms with Gasteiger partial charge in [0.1, 0.15) is 0 Å². The first-order valence-electron chi connectivity index (χ1n) is 8.27. The molecule has 0 radical (unpaired) electrons. The molecule has 2 heterocycles. The zero-order valence-electron chi connectivity index (χ0n) is 13.3. The number of rotatable bonds is 4. The molecule has 2 fully saturated rings. The van der Waals surface area contributed by atoms with Crippen LogP contribution in [0.5, 0.6) is 0 Å². The fraction of sp³-hybridized carbons (Fsp3) is 0.875. The normalized spacial score (nSPS) is 27.4. The number of likely N-dealkylation sites (tertiary alicyclic amines) is 2. The fourth-order valence-corrected chi connectivity index (χ4v) is 3.36. The minimum Gasteiger partial charge on any atom is -0.466 e. The average molecular weight is 296 g/mol. The topological polar surface area (TPSA) is 49.9 Å². The number of piperidine rings is 2. The van der Waals surface area contributed by atoms with E-state index in [1.54, 1.807) is 0 Å². The second-order valence-electron chi connectivity index (χ2n) is 6.41. The molecular weight excluding hydrogens is 268 g/mol. The third kappa shape index (κ3) is 4.70. The van der Waals surface area contributed by atoms with E-state index in [0.29, 0.717) is 25.6 Å². The first kappa shape index (κ1) is 16.3. The molecular formula is C16H28N2O3. The Labute approximate surface area is 127 Å². The lowest BCUT2D eigenvalue weighted by molar-refractivity contribution is -0.150. The molecule has 0 aromatic rings. The number of ether oxygens (including phenoxy) is 1. The summed E-state index contributed by atoms with van der Waals surface area (Å²) < 4.78 is 5.10. The molecule has 2 rings (SSSR count). The van der Waals surface area contributed by atoms with Crippen molar-refractivity contribution in [1.29, 1.82) is 0 Å². The molecule has 2 aliphatic rings. The van der Waals surface area contributed by atoms with Crippen LogP contribution in [0.25, 0.3) is 0 Å². The summed E-state index contributed by atoms with van der Waals surface area (Å²) in [7, 11) is 0. The summed E-state index contributed by atoms with van der Waals surface area (Å²) >= 11 is 0. The predicted molar refractivity (Wildman–Crippen MR) is 80.8 cm³/mol. The van der Waals surface area contributed by atoms with Gasteiger partial charge in [-0.3, -0.25) is 14.5 Å². The lowest BCUT2D eigenvalue weighted by Gasteiger charge is -2.35. The summed E-state index contributed by atoms with van der Waals surface area (Å²) in [5, 5.41) is 0. The SMILES string of the molecule is CCOC(=O)[C@H]1CCCN(CC(=O)N2CCCC(C)C2)C1. The van der Waals surface area contributed by atoms with Crippen molar-refractivity contribution in [1.82, 2.24) is 9.80 Å². The zero-order chi connectivity index (χ0) is 15.2. The molecule has 21 heavy (non-hydrogen) atoms. The van der Waals surface area contributed by atoms with Gasteiger partial charge in [-0.15, -0.1) is 0 Å². The van der Waals surface area contributed by atoms with Crippen LogP contribution >= 0.6 is 0 Å². The first-order valence-corrected chi connectivity index (χ1v) is 8.27. The molecule has 2 saturated heterocycles. The Kier molecular flexibility index (Phi) is 6.03. The van der Waals surface area contributed by atoms with Crippen molar-refractivity contribution in [3.05, 3.63) is 0 Å². The van der Waals surface area contributed by atoms with Crippen molar-refractivity contribution in [3.63, 3.8) is 0 Å². The van der Waals surface area contributed by atoms with Crippen LogP contribution in [0, 0.1) is 11.8 Å². The van der Waals surface area contributed by atoms with Crippen LogP contribution in [0.4, 0.5) is 0 Å². The molecule has 0 spiro atoms. The number of carbonyl (C=O) groups is 2. The molecule has 1 unspecified atom stereocenters. The van der Waals surface area contributed by atoms with E-state index in [-0.39, 0.29) is 17.8 Å². The lowest BCUT2D eigenvalue weighted by atomic mass is 9.98. The van der Waals surface area contributed by atoms with Crippen LogP contribution in [-0.4, -0.2) is 61.0 Å².